The SMILES string of the molecule is CC/C=C\C(C)CCF. The molecule has 1 heteroatoms. The second-order valence-electron chi connectivity index (χ2n) is 2.29. The van der Waals surface area contributed by atoms with Crippen LogP contribution in [0.4, 0.5) is 4.39 Å². The molecule has 0 aromatic carbocycles. The minimum Gasteiger partial charge on any atom is -0.251 e. The fraction of sp³-hybridized carbons (Fsp3) is 0.750. The summed E-state index contributed by atoms with van der Waals surface area (Å²) in [5.74, 6) is 0.412. The Labute approximate surface area is 56.8 Å². The van der Waals surface area contributed by atoms with Crippen LogP contribution < -0.4 is 0 Å². The van der Waals surface area contributed by atoms with Crippen molar-refractivity contribution in [3.63, 3.8) is 0 Å². The molecule has 1 atom stereocenters. The van der Waals surface area contributed by atoms with Crippen LogP contribution in [0, 0.1) is 5.92 Å². The molecule has 9 heavy (non-hydrogen) atoms. The van der Waals surface area contributed by atoms with Crippen LogP contribution in [0.1, 0.15) is 26.7 Å². The maximum absolute atomic E-state index is 11.6. The van der Waals surface area contributed by atoms with Crippen molar-refractivity contribution in [2.24, 2.45) is 5.92 Å². The second-order valence-corrected chi connectivity index (χ2v) is 2.29. The van der Waals surface area contributed by atoms with Gasteiger partial charge in [0.15, 0.2) is 0 Å². The van der Waals surface area contributed by atoms with Crippen LogP contribution in [-0.2, 0) is 0 Å². The first-order chi connectivity index (χ1) is 4.31. The van der Waals surface area contributed by atoms with Gasteiger partial charge in [-0.2, -0.15) is 0 Å². The first-order valence-corrected chi connectivity index (χ1v) is 3.53. The fourth-order valence-corrected chi connectivity index (χ4v) is 0.637. The van der Waals surface area contributed by atoms with E-state index in [0.717, 1.165) is 6.42 Å². The molecule has 0 saturated heterocycles. The lowest BCUT2D eigenvalue weighted by Crippen LogP contribution is -1.89. The minimum absolute atomic E-state index is 0.199. The standard InChI is InChI=1S/C8H15F/c1-3-4-5-8(2)6-7-9/h4-5,8H,3,6-7H2,1-2H3/b5-4-. The molecule has 0 heterocycles. The lowest BCUT2D eigenvalue weighted by molar-refractivity contribution is 0.437. The van der Waals surface area contributed by atoms with Crippen molar-refractivity contribution in [1.82, 2.24) is 0 Å². The van der Waals surface area contributed by atoms with Crippen molar-refractivity contribution in [2.75, 3.05) is 6.67 Å². The lowest BCUT2D eigenvalue weighted by atomic mass is 10.1. The predicted octanol–water partition coefficient (Wildman–Crippen LogP) is 2.95. The molecular weight excluding hydrogens is 115 g/mol. The minimum atomic E-state index is -0.199. The highest BCUT2D eigenvalue weighted by Gasteiger charge is 1.93. The van der Waals surface area contributed by atoms with E-state index in [1.54, 1.807) is 0 Å². The zero-order chi connectivity index (χ0) is 7.11. The second kappa shape index (κ2) is 5.80. The van der Waals surface area contributed by atoms with Crippen LogP contribution in [0.5, 0.6) is 0 Å². The van der Waals surface area contributed by atoms with E-state index in [9.17, 15) is 4.39 Å². The van der Waals surface area contributed by atoms with E-state index in [0.29, 0.717) is 12.3 Å². The molecule has 0 amide bonds. The Morgan fingerprint density at radius 1 is 1.56 bits per heavy atom. The summed E-state index contributed by atoms with van der Waals surface area (Å²) in [4.78, 5) is 0. The molecule has 0 aromatic heterocycles. The third-order valence-corrected chi connectivity index (χ3v) is 1.26. The van der Waals surface area contributed by atoms with Crippen molar-refractivity contribution >= 4 is 0 Å². The molecule has 0 aliphatic heterocycles. The Balaban J connectivity index is 3.25. The average Bonchev–Trinajstić information content (AvgIpc) is 1.85. The monoisotopic (exact) mass is 130 g/mol. The van der Waals surface area contributed by atoms with E-state index in [1.165, 1.54) is 0 Å². The number of hydrogen-bond donors (Lipinski definition) is 0. The Hall–Kier alpha value is -0.330. The van der Waals surface area contributed by atoms with E-state index >= 15 is 0 Å². The van der Waals surface area contributed by atoms with Gasteiger partial charge in [-0.25, -0.2) is 0 Å². The molecule has 0 fully saturated rings. The normalized spacial score (nSPS) is 14.6. The van der Waals surface area contributed by atoms with Crippen LogP contribution in [0.25, 0.3) is 0 Å². The topological polar surface area (TPSA) is 0 Å². The summed E-state index contributed by atoms with van der Waals surface area (Å²) in [6, 6.07) is 0. The first-order valence-electron chi connectivity index (χ1n) is 3.53. The van der Waals surface area contributed by atoms with Crippen molar-refractivity contribution in [1.29, 1.82) is 0 Å². The van der Waals surface area contributed by atoms with Gasteiger partial charge in [0, 0.05) is 0 Å². The van der Waals surface area contributed by atoms with Crippen LogP contribution >= 0.6 is 0 Å². The summed E-state index contributed by atoms with van der Waals surface area (Å²) < 4.78 is 11.6. The van der Waals surface area contributed by atoms with Gasteiger partial charge in [0.25, 0.3) is 0 Å². The summed E-state index contributed by atoms with van der Waals surface area (Å²) in [6.45, 7) is 3.92. The van der Waals surface area contributed by atoms with Crippen LogP contribution in [0.3, 0.4) is 0 Å². The van der Waals surface area contributed by atoms with Gasteiger partial charge in [0.2, 0.25) is 0 Å². The van der Waals surface area contributed by atoms with E-state index in [2.05, 4.69) is 19.1 Å². The van der Waals surface area contributed by atoms with Gasteiger partial charge in [-0.05, 0) is 18.8 Å². The number of allylic oxidation sites excluding steroid dienone is 2. The fourth-order valence-electron chi connectivity index (χ4n) is 0.637. The molecule has 0 N–H and O–H groups in total. The summed E-state index contributed by atoms with van der Waals surface area (Å²) in [5.41, 5.74) is 0. The number of rotatable bonds is 4. The molecule has 0 aliphatic rings. The number of halogens is 1. The Kier molecular flexibility index (Phi) is 5.59. The van der Waals surface area contributed by atoms with Gasteiger partial charge < -0.3 is 0 Å². The molecule has 0 rings (SSSR count). The van der Waals surface area contributed by atoms with E-state index < -0.39 is 0 Å². The quantitative estimate of drug-likeness (QED) is 0.513. The summed E-state index contributed by atoms with van der Waals surface area (Å²) in [6.07, 6.45) is 5.87. The molecule has 0 radical (unpaired) electrons. The van der Waals surface area contributed by atoms with E-state index in [4.69, 9.17) is 0 Å². The van der Waals surface area contributed by atoms with E-state index in [-0.39, 0.29) is 6.67 Å². The highest BCUT2D eigenvalue weighted by molar-refractivity contribution is 4.84. The van der Waals surface area contributed by atoms with Gasteiger partial charge in [0.1, 0.15) is 0 Å². The zero-order valence-corrected chi connectivity index (χ0v) is 6.23. The van der Waals surface area contributed by atoms with Crippen molar-refractivity contribution in [2.45, 2.75) is 26.7 Å². The van der Waals surface area contributed by atoms with Crippen LogP contribution in [0.2, 0.25) is 0 Å². The van der Waals surface area contributed by atoms with E-state index in [1.807, 2.05) is 6.92 Å². The van der Waals surface area contributed by atoms with Crippen molar-refractivity contribution in [3.8, 4) is 0 Å². The molecule has 0 aromatic rings. The van der Waals surface area contributed by atoms with Crippen molar-refractivity contribution in [3.05, 3.63) is 12.2 Å². The average molecular weight is 130 g/mol. The maximum atomic E-state index is 11.6. The highest BCUT2D eigenvalue weighted by Crippen LogP contribution is 2.03. The van der Waals surface area contributed by atoms with Crippen LogP contribution in [-0.4, -0.2) is 6.67 Å². The first kappa shape index (κ1) is 8.67. The largest absolute Gasteiger partial charge is 0.251 e. The maximum Gasteiger partial charge on any atom is 0.0900 e. The van der Waals surface area contributed by atoms with Gasteiger partial charge in [0.05, 0.1) is 6.67 Å². The smallest absolute Gasteiger partial charge is 0.0900 e. The Morgan fingerprint density at radius 3 is 2.67 bits per heavy atom. The van der Waals surface area contributed by atoms with Crippen LogP contribution in [0.15, 0.2) is 12.2 Å². The molecule has 0 nitrogen and oxygen atoms in total. The molecule has 54 valence electrons. The third kappa shape index (κ3) is 5.54. The molecule has 0 spiro atoms. The van der Waals surface area contributed by atoms with Gasteiger partial charge >= 0.3 is 0 Å². The predicted molar refractivity (Wildman–Crippen MR) is 39.2 cm³/mol. The lowest BCUT2D eigenvalue weighted by Gasteiger charge is -1.98. The number of hydrogen-bond acceptors (Lipinski definition) is 0. The molecule has 1 unspecified atom stereocenters. The molecule has 0 saturated carbocycles. The summed E-state index contributed by atoms with van der Waals surface area (Å²) in [7, 11) is 0. The summed E-state index contributed by atoms with van der Waals surface area (Å²) >= 11 is 0. The number of alkyl halides is 1. The Bertz CT molecular complexity index is 76.6. The molecule has 0 bridgehead atoms. The highest BCUT2D eigenvalue weighted by atomic mass is 19.1. The van der Waals surface area contributed by atoms with Gasteiger partial charge in [-0.15, -0.1) is 0 Å². The van der Waals surface area contributed by atoms with Gasteiger partial charge in [-0.1, -0.05) is 26.0 Å². The zero-order valence-electron chi connectivity index (χ0n) is 6.23. The van der Waals surface area contributed by atoms with Gasteiger partial charge in [-0.3, -0.25) is 4.39 Å². The molecule has 0 aliphatic carbocycles. The summed E-state index contributed by atoms with van der Waals surface area (Å²) in [5, 5.41) is 0. The van der Waals surface area contributed by atoms with Crippen molar-refractivity contribution < 1.29 is 4.39 Å². The Morgan fingerprint density at radius 2 is 2.22 bits per heavy atom. The third-order valence-electron chi connectivity index (χ3n) is 1.26. The molecular formula is C8H15F.